The quantitative estimate of drug-likeness (QED) is 0.800. The number of aromatic amines is 1. The molecule has 1 amide bonds. The fourth-order valence-corrected chi connectivity index (χ4v) is 3.35. The molecule has 0 aromatic carbocycles. The molecule has 1 aliphatic heterocycles. The number of fused-ring (bicyclic) bond motifs is 1. The van der Waals surface area contributed by atoms with Gasteiger partial charge in [-0.05, 0) is 12.5 Å². The molecule has 0 atom stereocenters. The molecule has 0 saturated carbocycles. The van der Waals surface area contributed by atoms with E-state index in [-0.39, 0.29) is 18.2 Å². The van der Waals surface area contributed by atoms with E-state index in [1.54, 1.807) is 4.90 Å². The smallest absolute Gasteiger partial charge is 0.410 e. The summed E-state index contributed by atoms with van der Waals surface area (Å²) < 4.78 is 5.38. The van der Waals surface area contributed by atoms with Crippen LogP contribution in [0.15, 0.2) is 4.79 Å². The molecular weight excluding hydrogens is 322 g/mol. The minimum Gasteiger partial charge on any atom is -0.450 e. The van der Waals surface area contributed by atoms with Gasteiger partial charge in [-0.2, -0.15) is 0 Å². The summed E-state index contributed by atoms with van der Waals surface area (Å²) in [6.07, 6.45) is 3.16. The lowest BCUT2D eigenvalue weighted by Crippen LogP contribution is -2.40. The molecule has 0 saturated heterocycles. The average molecular weight is 352 g/mol. The van der Waals surface area contributed by atoms with Crippen molar-refractivity contribution in [3.05, 3.63) is 27.4 Å². The number of amides is 1. The van der Waals surface area contributed by atoms with E-state index in [1.807, 2.05) is 0 Å². The van der Waals surface area contributed by atoms with Crippen molar-refractivity contribution in [3.63, 3.8) is 0 Å². The van der Waals surface area contributed by atoms with Crippen LogP contribution in [0.25, 0.3) is 0 Å². The van der Waals surface area contributed by atoms with Crippen LogP contribution in [0.1, 0.15) is 36.8 Å². The molecule has 1 aliphatic rings. The Morgan fingerprint density at radius 2 is 2.12 bits per heavy atom. The molecule has 0 aliphatic carbocycles. The molecule has 7 heteroatoms. The first-order valence-electron chi connectivity index (χ1n) is 8.83. The minimum absolute atomic E-state index is 0.120. The number of unbranched alkanes of at least 4 members (excludes halogenated alkanes) is 1. The Morgan fingerprint density at radius 3 is 2.79 bits per heavy atom. The SMILES string of the molecule is CCCCc1nc2c(c(=O)[nH]1)CN(C(=O)OCC[Si](C)(C)C)CC2. The molecule has 1 N–H and O–H groups in total. The monoisotopic (exact) mass is 351 g/mol. The maximum atomic E-state index is 12.3. The van der Waals surface area contributed by atoms with Gasteiger partial charge in [0, 0.05) is 27.5 Å². The first-order valence-corrected chi connectivity index (χ1v) is 12.5. The van der Waals surface area contributed by atoms with Crippen LogP contribution in [-0.4, -0.2) is 42.2 Å². The Balaban J connectivity index is 1.98. The first kappa shape index (κ1) is 18.7. The van der Waals surface area contributed by atoms with Crippen molar-refractivity contribution in [1.82, 2.24) is 14.9 Å². The second-order valence-electron chi connectivity index (χ2n) is 7.64. The van der Waals surface area contributed by atoms with E-state index in [4.69, 9.17) is 4.74 Å². The molecule has 6 nitrogen and oxygen atoms in total. The summed E-state index contributed by atoms with van der Waals surface area (Å²) in [6, 6.07) is 0.950. The van der Waals surface area contributed by atoms with E-state index in [1.165, 1.54) is 0 Å². The van der Waals surface area contributed by atoms with Gasteiger partial charge in [0.15, 0.2) is 0 Å². The maximum Gasteiger partial charge on any atom is 0.410 e. The Kier molecular flexibility index (Phi) is 6.20. The van der Waals surface area contributed by atoms with Crippen LogP contribution >= 0.6 is 0 Å². The van der Waals surface area contributed by atoms with Gasteiger partial charge in [-0.3, -0.25) is 4.79 Å². The fraction of sp³-hybridized carbons (Fsp3) is 0.706. The summed E-state index contributed by atoms with van der Waals surface area (Å²) in [5, 5.41) is 0. The Labute approximate surface area is 144 Å². The number of ether oxygens (including phenoxy) is 1. The molecule has 1 aromatic heterocycles. The molecule has 0 bridgehead atoms. The van der Waals surface area contributed by atoms with Crippen molar-refractivity contribution >= 4 is 14.2 Å². The first-order chi connectivity index (χ1) is 11.3. The summed E-state index contributed by atoms with van der Waals surface area (Å²) >= 11 is 0. The Bertz CT molecular complexity index is 637. The average Bonchev–Trinajstić information content (AvgIpc) is 2.51. The number of hydrogen-bond acceptors (Lipinski definition) is 4. The van der Waals surface area contributed by atoms with Gasteiger partial charge in [-0.25, -0.2) is 9.78 Å². The van der Waals surface area contributed by atoms with Crippen molar-refractivity contribution in [2.45, 2.75) is 64.8 Å². The summed E-state index contributed by atoms with van der Waals surface area (Å²) in [6.45, 7) is 10.2. The highest BCUT2D eigenvalue weighted by atomic mass is 28.3. The second kappa shape index (κ2) is 7.96. The molecule has 2 rings (SSSR count). The zero-order valence-electron chi connectivity index (χ0n) is 15.3. The highest BCUT2D eigenvalue weighted by Crippen LogP contribution is 2.16. The van der Waals surface area contributed by atoms with Crippen LogP contribution in [0.3, 0.4) is 0 Å². The topological polar surface area (TPSA) is 75.3 Å². The van der Waals surface area contributed by atoms with E-state index in [2.05, 4.69) is 36.5 Å². The predicted molar refractivity (Wildman–Crippen MR) is 97.1 cm³/mol. The summed E-state index contributed by atoms with van der Waals surface area (Å²) in [7, 11) is -1.22. The van der Waals surface area contributed by atoms with Crippen LogP contribution in [-0.2, 0) is 24.1 Å². The van der Waals surface area contributed by atoms with Crippen LogP contribution < -0.4 is 5.56 Å². The maximum absolute atomic E-state index is 12.3. The molecule has 2 heterocycles. The van der Waals surface area contributed by atoms with Gasteiger partial charge < -0.3 is 14.6 Å². The van der Waals surface area contributed by atoms with Crippen molar-refractivity contribution in [2.24, 2.45) is 0 Å². The van der Waals surface area contributed by atoms with E-state index in [0.717, 1.165) is 36.8 Å². The summed E-state index contributed by atoms with van der Waals surface area (Å²) in [5.74, 6) is 0.756. The van der Waals surface area contributed by atoms with Crippen LogP contribution in [0.4, 0.5) is 4.79 Å². The number of carbonyl (C=O) groups is 1. The molecule has 0 radical (unpaired) electrons. The second-order valence-corrected chi connectivity index (χ2v) is 13.3. The number of nitrogens with one attached hydrogen (secondary N) is 1. The Morgan fingerprint density at radius 1 is 1.38 bits per heavy atom. The van der Waals surface area contributed by atoms with Gasteiger partial charge in [-0.1, -0.05) is 33.0 Å². The van der Waals surface area contributed by atoms with Gasteiger partial charge in [0.05, 0.1) is 24.4 Å². The molecule has 0 unspecified atom stereocenters. The van der Waals surface area contributed by atoms with E-state index in [9.17, 15) is 9.59 Å². The van der Waals surface area contributed by atoms with Gasteiger partial charge in [0.2, 0.25) is 0 Å². The lowest BCUT2D eigenvalue weighted by atomic mass is 10.1. The predicted octanol–water partition coefficient (Wildman–Crippen LogP) is 2.95. The van der Waals surface area contributed by atoms with Crippen LogP contribution in [0.2, 0.25) is 25.7 Å². The lowest BCUT2D eigenvalue weighted by molar-refractivity contribution is 0.102. The van der Waals surface area contributed by atoms with Gasteiger partial charge in [-0.15, -0.1) is 0 Å². The number of aromatic nitrogens is 2. The highest BCUT2D eigenvalue weighted by molar-refractivity contribution is 6.76. The highest BCUT2D eigenvalue weighted by Gasteiger charge is 2.25. The summed E-state index contributed by atoms with van der Waals surface area (Å²) in [4.78, 5) is 33.5. The van der Waals surface area contributed by atoms with Crippen LogP contribution in [0, 0.1) is 0 Å². The number of carbonyl (C=O) groups excluding carboxylic acids is 1. The number of H-pyrrole nitrogens is 1. The van der Waals surface area contributed by atoms with Gasteiger partial charge >= 0.3 is 6.09 Å². The number of hydrogen-bond donors (Lipinski definition) is 1. The van der Waals surface area contributed by atoms with Crippen LogP contribution in [0.5, 0.6) is 0 Å². The lowest BCUT2D eigenvalue weighted by Gasteiger charge is -2.27. The Hall–Kier alpha value is -1.63. The fourth-order valence-electron chi connectivity index (χ4n) is 2.63. The molecule has 134 valence electrons. The van der Waals surface area contributed by atoms with Gasteiger partial charge in [0.25, 0.3) is 5.56 Å². The molecular formula is C17H29N3O3Si. The van der Waals surface area contributed by atoms with E-state index >= 15 is 0 Å². The minimum atomic E-state index is -1.22. The van der Waals surface area contributed by atoms with Gasteiger partial charge in [0.1, 0.15) is 5.82 Å². The largest absolute Gasteiger partial charge is 0.450 e. The van der Waals surface area contributed by atoms with E-state index in [0.29, 0.717) is 25.1 Å². The number of nitrogens with zero attached hydrogens (tertiary/aromatic N) is 2. The number of rotatable bonds is 6. The zero-order valence-corrected chi connectivity index (χ0v) is 16.3. The molecule has 1 aromatic rings. The van der Waals surface area contributed by atoms with Crippen molar-refractivity contribution in [2.75, 3.05) is 13.2 Å². The molecule has 0 spiro atoms. The van der Waals surface area contributed by atoms with Crippen molar-refractivity contribution in [3.8, 4) is 0 Å². The van der Waals surface area contributed by atoms with Crippen molar-refractivity contribution < 1.29 is 9.53 Å². The zero-order chi connectivity index (χ0) is 17.7. The number of aryl methyl sites for hydroxylation is 1. The van der Waals surface area contributed by atoms with E-state index < -0.39 is 8.07 Å². The third-order valence-corrected chi connectivity index (χ3v) is 5.92. The summed E-state index contributed by atoms with van der Waals surface area (Å²) in [5.41, 5.74) is 1.31. The standard InChI is InChI=1S/C17H29N3O3Si/c1-5-6-7-15-18-14-8-9-20(12-13(14)16(21)19-15)17(22)23-10-11-24(2,3)4/h5-12H2,1-4H3,(H,18,19,21). The normalized spacial score (nSPS) is 14.4. The third kappa shape index (κ3) is 5.19. The molecule has 24 heavy (non-hydrogen) atoms. The third-order valence-electron chi connectivity index (χ3n) is 4.22. The molecule has 0 fully saturated rings. The van der Waals surface area contributed by atoms with Crippen molar-refractivity contribution in [1.29, 1.82) is 0 Å².